The van der Waals surface area contributed by atoms with Gasteiger partial charge in [0.1, 0.15) is 5.75 Å². The number of rotatable bonds is 7. The molecule has 4 rings (SSSR count). The Hall–Kier alpha value is -3.92. The fraction of sp³-hybridized carbons (Fsp3) is 0.143. The van der Waals surface area contributed by atoms with Crippen molar-refractivity contribution in [2.24, 2.45) is 0 Å². The van der Waals surface area contributed by atoms with Crippen molar-refractivity contribution in [3.63, 3.8) is 0 Å². The first-order valence-corrected chi connectivity index (χ1v) is 10.7. The molecule has 4 aromatic rings. The highest BCUT2D eigenvalue weighted by molar-refractivity contribution is 6.08. The Labute approximate surface area is 188 Å². The second-order valence-electron chi connectivity index (χ2n) is 7.81. The molecule has 0 aliphatic rings. The van der Waals surface area contributed by atoms with Crippen molar-refractivity contribution in [1.29, 1.82) is 0 Å². The number of hydrogen-bond donors (Lipinski definition) is 1. The average molecular weight is 423 g/mol. The predicted octanol–water partition coefficient (Wildman–Crippen LogP) is 6.24. The van der Waals surface area contributed by atoms with Crippen LogP contribution in [0.2, 0.25) is 0 Å². The minimum atomic E-state index is -0.131. The fourth-order valence-electron chi connectivity index (χ4n) is 3.48. The van der Waals surface area contributed by atoms with E-state index in [2.05, 4.69) is 29.4 Å². The second kappa shape index (κ2) is 9.92. The number of hydrogen-bond acceptors (Lipinski definition) is 3. The first-order valence-electron chi connectivity index (χ1n) is 10.7. The first-order chi connectivity index (χ1) is 15.6. The van der Waals surface area contributed by atoms with Crippen LogP contribution in [0.15, 0.2) is 91.1 Å². The smallest absolute Gasteiger partial charge is 0.256 e. The van der Waals surface area contributed by atoms with Crippen molar-refractivity contribution in [3.05, 3.63) is 114 Å². The van der Waals surface area contributed by atoms with Gasteiger partial charge in [-0.2, -0.15) is 0 Å². The summed E-state index contributed by atoms with van der Waals surface area (Å²) in [5.74, 6) is 0.628. The van der Waals surface area contributed by atoms with Crippen molar-refractivity contribution in [3.8, 4) is 16.9 Å². The van der Waals surface area contributed by atoms with E-state index in [4.69, 9.17) is 4.74 Å². The van der Waals surface area contributed by atoms with Crippen molar-refractivity contribution >= 4 is 11.6 Å². The third-order valence-electron chi connectivity index (χ3n) is 5.25. The Morgan fingerprint density at radius 3 is 2.34 bits per heavy atom. The van der Waals surface area contributed by atoms with Crippen molar-refractivity contribution in [1.82, 2.24) is 4.98 Å². The van der Waals surface area contributed by atoms with Crippen LogP contribution in [0.5, 0.6) is 5.75 Å². The quantitative estimate of drug-likeness (QED) is 0.384. The van der Waals surface area contributed by atoms with Gasteiger partial charge in [-0.3, -0.25) is 9.78 Å². The summed E-state index contributed by atoms with van der Waals surface area (Å²) in [4.78, 5) is 17.4. The highest BCUT2D eigenvalue weighted by Crippen LogP contribution is 2.26. The summed E-state index contributed by atoms with van der Waals surface area (Å²) in [7, 11) is 0. The van der Waals surface area contributed by atoms with E-state index in [0.717, 1.165) is 40.2 Å². The molecule has 0 saturated carbocycles. The van der Waals surface area contributed by atoms with Crippen LogP contribution in [0.1, 0.15) is 27.2 Å². The molecule has 0 fully saturated rings. The lowest BCUT2D eigenvalue weighted by Gasteiger charge is -2.12. The Balaban J connectivity index is 1.42. The average Bonchev–Trinajstić information content (AvgIpc) is 2.81. The molecule has 3 aromatic carbocycles. The molecule has 1 N–H and O–H groups in total. The molecule has 4 heteroatoms. The van der Waals surface area contributed by atoms with E-state index < -0.39 is 0 Å². The fourth-order valence-corrected chi connectivity index (χ4v) is 3.48. The van der Waals surface area contributed by atoms with Gasteiger partial charge in [0.2, 0.25) is 0 Å². The molecule has 0 saturated heterocycles. The highest BCUT2D eigenvalue weighted by Gasteiger charge is 2.14. The Morgan fingerprint density at radius 2 is 1.62 bits per heavy atom. The maximum Gasteiger partial charge on any atom is 0.256 e. The largest absolute Gasteiger partial charge is 0.493 e. The summed E-state index contributed by atoms with van der Waals surface area (Å²) in [6, 6.07) is 27.5. The number of nitrogens with zero attached hydrogens (tertiary/aromatic N) is 1. The molecule has 1 heterocycles. The molecule has 1 aromatic heterocycles. The molecular weight excluding hydrogens is 396 g/mol. The van der Waals surface area contributed by atoms with E-state index in [0.29, 0.717) is 12.2 Å². The molecule has 0 bridgehead atoms. The van der Waals surface area contributed by atoms with Crippen molar-refractivity contribution < 1.29 is 9.53 Å². The zero-order valence-corrected chi connectivity index (χ0v) is 18.3. The van der Waals surface area contributed by atoms with Crippen molar-refractivity contribution in [2.45, 2.75) is 20.3 Å². The Morgan fingerprint density at radius 1 is 0.875 bits per heavy atom. The zero-order valence-electron chi connectivity index (χ0n) is 18.3. The number of amides is 1. The normalized spacial score (nSPS) is 10.6. The lowest BCUT2D eigenvalue weighted by atomic mass is 9.96. The number of pyridine rings is 1. The zero-order chi connectivity index (χ0) is 22.3. The first kappa shape index (κ1) is 21.3. The monoisotopic (exact) mass is 422 g/mol. The van der Waals surface area contributed by atoms with E-state index in [1.807, 2.05) is 79.7 Å². The van der Waals surface area contributed by atoms with Gasteiger partial charge in [-0.1, -0.05) is 53.6 Å². The molecule has 0 spiro atoms. The highest BCUT2D eigenvalue weighted by atomic mass is 16.5. The van der Waals surface area contributed by atoms with E-state index in [9.17, 15) is 4.79 Å². The Bertz CT molecular complexity index is 1180. The number of carbonyl (C=O) groups is 1. The van der Waals surface area contributed by atoms with Gasteiger partial charge in [0.15, 0.2) is 0 Å². The van der Waals surface area contributed by atoms with Gasteiger partial charge >= 0.3 is 0 Å². The van der Waals surface area contributed by atoms with E-state index in [1.54, 1.807) is 6.20 Å². The number of nitrogens with one attached hydrogen (secondary N) is 1. The maximum absolute atomic E-state index is 13.1. The molecule has 0 atom stereocenters. The van der Waals surface area contributed by atoms with Gasteiger partial charge in [-0.05, 0) is 67.4 Å². The molecule has 1 amide bonds. The molecule has 32 heavy (non-hydrogen) atoms. The predicted molar refractivity (Wildman–Crippen MR) is 129 cm³/mol. The van der Waals surface area contributed by atoms with Gasteiger partial charge in [0, 0.05) is 29.6 Å². The SMILES string of the molecule is Cc1ccc(-c2ccc(C)cc2C(=O)Nc2ccc(OCCc3ccccn3)cc2)cc1. The summed E-state index contributed by atoms with van der Waals surface area (Å²) < 4.78 is 5.80. The minimum absolute atomic E-state index is 0.131. The standard InChI is InChI=1S/C28H26N2O2/c1-20-6-9-22(10-7-20)26-15-8-21(2)19-27(26)28(31)30-24-11-13-25(14-12-24)32-18-16-23-5-3-4-17-29-23/h3-15,17,19H,16,18H2,1-2H3,(H,30,31). The molecule has 0 aliphatic carbocycles. The van der Waals surface area contributed by atoms with Crippen LogP contribution in [-0.2, 0) is 6.42 Å². The number of ether oxygens (including phenoxy) is 1. The van der Waals surface area contributed by atoms with Gasteiger partial charge in [-0.25, -0.2) is 0 Å². The third kappa shape index (κ3) is 5.41. The Kier molecular flexibility index (Phi) is 6.61. The van der Waals surface area contributed by atoms with E-state index in [1.165, 1.54) is 5.56 Å². The van der Waals surface area contributed by atoms with Crippen LogP contribution in [0.25, 0.3) is 11.1 Å². The van der Waals surface area contributed by atoms with Crippen LogP contribution in [0, 0.1) is 13.8 Å². The number of carbonyl (C=O) groups excluding carboxylic acids is 1. The third-order valence-corrected chi connectivity index (χ3v) is 5.25. The summed E-state index contributed by atoms with van der Waals surface area (Å²) in [6.07, 6.45) is 2.53. The van der Waals surface area contributed by atoms with Crippen LogP contribution in [-0.4, -0.2) is 17.5 Å². The summed E-state index contributed by atoms with van der Waals surface area (Å²) in [6.45, 7) is 4.59. The number of aromatic nitrogens is 1. The lowest BCUT2D eigenvalue weighted by Crippen LogP contribution is -2.13. The lowest BCUT2D eigenvalue weighted by molar-refractivity contribution is 0.102. The van der Waals surface area contributed by atoms with E-state index >= 15 is 0 Å². The topological polar surface area (TPSA) is 51.2 Å². The summed E-state index contributed by atoms with van der Waals surface area (Å²) in [5, 5.41) is 3.01. The molecular formula is C28H26N2O2. The summed E-state index contributed by atoms with van der Waals surface area (Å²) in [5.41, 5.74) is 6.56. The molecule has 0 aliphatic heterocycles. The summed E-state index contributed by atoms with van der Waals surface area (Å²) >= 11 is 0. The van der Waals surface area contributed by atoms with Gasteiger partial charge in [0.25, 0.3) is 5.91 Å². The van der Waals surface area contributed by atoms with Gasteiger partial charge in [-0.15, -0.1) is 0 Å². The van der Waals surface area contributed by atoms with Crippen LogP contribution >= 0.6 is 0 Å². The number of aryl methyl sites for hydroxylation is 2. The number of anilines is 1. The van der Waals surface area contributed by atoms with Crippen LogP contribution in [0.4, 0.5) is 5.69 Å². The number of benzene rings is 3. The molecule has 160 valence electrons. The van der Waals surface area contributed by atoms with E-state index in [-0.39, 0.29) is 5.91 Å². The minimum Gasteiger partial charge on any atom is -0.493 e. The van der Waals surface area contributed by atoms with Gasteiger partial charge in [0.05, 0.1) is 6.61 Å². The van der Waals surface area contributed by atoms with Crippen molar-refractivity contribution in [2.75, 3.05) is 11.9 Å². The second-order valence-corrected chi connectivity index (χ2v) is 7.81. The molecule has 0 unspecified atom stereocenters. The molecule has 0 radical (unpaired) electrons. The van der Waals surface area contributed by atoms with Crippen LogP contribution < -0.4 is 10.1 Å². The maximum atomic E-state index is 13.1. The molecule has 4 nitrogen and oxygen atoms in total. The van der Waals surface area contributed by atoms with Crippen LogP contribution in [0.3, 0.4) is 0 Å². The van der Waals surface area contributed by atoms with Gasteiger partial charge < -0.3 is 10.1 Å².